The number of hydrogen-bond acceptors (Lipinski definition) is 4. The fraction of sp³-hybridized carbons (Fsp3) is 0.667. The minimum absolute atomic E-state index is 0.464. The third-order valence-electron chi connectivity index (χ3n) is 2.30. The molecule has 0 aliphatic carbocycles. The summed E-state index contributed by atoms with van der Waals surface area (Å²) in [5.41, 5.74) is 0.616. The smallest absolute Gasteiger partial charge is 0.113 e. The van der Waals surface area contributed by atoms with Crippen molar-refractivity contribution < 1.29 is 0 Å². The van der Waals surface area contributed by atoms with E-state index in [-0.39, 0.29) is 0 Å². The van der Waals surface area contributed by atoms with Gasteiger partial charge in [-0.2, -0.15) is 5.26 Å². The number of rotatable bonds is 5. The van der Waals surface area contributed by atoms with Gasteiger partial charge in [-0.3, -0.25) is 0 Å². The van der Waals surface area contributed by atoms with Crippen molar-refractivity contribution in [3.63, 3.8) is 0 Å². The third-order valence-corrected chi connectivity index (χ3v) is 3.51. The summed E-state index contributed by atoms with van der Waals surface area (Å²) in [4.78, 5) is 4.51. The van der Waals surface area contributed by atoms with E-state index in [9.17, 15) is 0 Å². The number of nitriles is 1. The van der Waals surface area contributed by atoms with Gasteiger partial charge in [0.1, 0.15) is 10.4 Å². The molecule has 3 nitrogen and oxygen atoms in total. The molecule has 0 spiro atoms. The topological polar surface area (TPSA) is 48.7 Å². The first kappa shape index (κ1) is 13.1. The minimum atomic E-state index is -0.464. The molecule has 1 rings (SSSR count). The van der Waals surface area contributed by atoms with Gasteiger partial charge in [0.25, 0.3) is 0 Å². The second-order valence-electron chi connectivity index (χ2n) is 4.74. The van der Waals surface area contributed by atoms with Crippen LogP contribution < -0.4 is 5.32 Å². The highest BCUT2D eigenvalue weighted by molar-refractivity contribution is 7.09. The quantitative estimate of drug-likeness (QED) is 0.856. The molecule has 0 unspecified atom stereocenters. The summed E-state index contributed by atoms with van der Waals surface area (Å²) in [5, 5.41) is 15.3. The summed E-state index contributed by atoms with van der Waals surface area (Å²) in [5.74, 6) is 0. The van der Waals surface area contributed by atoms with E-state index in [0.29, 0.717) is 6.04 Å². The number of aromatic nitrogens is 1. The van der Waals surface area contributed by atoms with Gasteiger partial charge in [-0.25, -0.2) is 4.98 Å². The van der Waals surface area contributed by atoms with E-state index in [4.69, 9.17) is 5.26 Å². The van der Waals surface area contributed by atoms with Gasteiger partial charge in [-0.15, -0.1) is 11.3 Å². The van der Waals surface area contributed by atoms with Gasteiger partial charge in [0, 0.05) is 24.4 Å². The Hall–Kier alpha value is -0.920. The normalized spacial score (nSPS) is 11.8. The fourth-order valence-electron chi connectivity index (χ4n) is 1.25. The van der Waals surface area contributed by atoms with Crippen LogP contribution in [0.1, 0.15) is 38.4 Å². The summed E-state index contributed by atoms with van der Waals surface area (Å²) < 4.78 is 0. The zero-order valence-electron chi connectivity index (χ0n) is 10.4. The molecule has 1 N–H and O–H groups in total. The number of hydrogen-bond donors (Lipinski definition) is 1. The zero-order valence-corrected chi connectivity index (χ0v) is 11.2. The molecule has 0 saturated heterocycles. The van der Waals surface area contributed by atoms with Crippen molar-refractivity contribution in [3.8, 4) is 6.07 Å². The molecule has 0 atom stereocenters. The van der Waals surface area contributed by atoms with Gasteiger partial charge in [0.15, 0.2) is 0 Å². The summed E-state index contributed by atoms with van der Waals surface area (Å²) in [6, 6.07) is 2.79. The van der Waals surface area contributed by atoms with Crippen molar-refractivity contribution in [2.75, 3.05) is 6.54 Å². The van der Waals surface area contributed by atoms with Crippen LogP contribution in [0.15, 0.2) is 5.38 Å². The Balaban J connectivity index is 2.56. The number of nitrogens with one attached hydrogen (secondary N) is 1. The van der Waals surface area contributed by atoms with E-state index in [0.717, 1.165) is 23.7 Å². The molecule has 16 heavy (non-hydrogen) atoms. The average molecular weight is 237 g/mol. The highest BCUT2D eigenvalue weighted by Gasteiger charge is 2.23. The molecule has 0 bridgehead atoms. The van der Waals surface area contributed by atoms with Crippen LogP contribution in [-0.2, 0) is 11.8 Å². The second-order valence-corrected chi connectivity index (χ2v) is 5.60. The van der Waals surface area contributed by atoms with Gasteiger partial charge in [0.2, 0.25) is 0 Å². The van der Waals surface area contributed by atoms with Gasteiger partial charge >= 0.3 is 0 Å². The van der Waals surface area contributed by atoms with Crippen LogP contribution in [0.3, 0.4) is 0 Å². The highest BCUT2D eigenvalue weighted by atomic mass is 32.1. The van der Waals surface area contributed by atoms with Crippen molar-refractivity contribution in [1.29, 1.82) is 5.26 Å². The molecule has 0 saturated carbocycles. The van der Waals surface area contributed by atoms with Crippen molar-refractivity contribution >= 4 is 11.3 Å². The lowest BCUT2D eigenvalue weighted by Crippen LogP contribution is -2.25. The zero-order chi connectivity index (χ0) is 12.2. The van der Waals surface area contributed by atoms with E-state index < -0.39 is 5.41 Å². The predicted octanol–water partition coefficient (Wildman–Crippen LogP) is 2.48. The molecule has 0 amide bonds. The van der Waals surface area contributed by atoms with Crippen molar-refractivity contribution in [2.24, 2.45) is 0 Å². The Morgan fingerprint density at radius 3 is 2.81 bits per heavy atom. The first-order chi connectivity index (χ1) is 7.45. The lowest BCUT2D eigenvalue weighted by molar-refractivity contribution is 0.586. The Morgan fingerprint density at radius 2 is 2.25 bits per heavy atom. The van der Waals surface area contributed by atoms with Gasteiger partial charge in [-0.05, 0) is 13.8 Å². The first-order valence-corrected chi connectivity index (χ1v) is 6.43. The van der Waals surface area contributed by atoms with Gasteiger partial charge < -0.3 is 5.32 Å². The first-order valence-electron chi connectivity index (χ1n) is 5.55. The highest BCUT2D eigenvalue weighted by Crippen LogP contribution is 2.25. The lowest BCUT2D eigenvalue weighted by atomic mass is 9.97. The number of thiazole rings is 1. The van der Waals surface area contributed by atoms with Crippen LogP contribution >= 0.6 is 11.3 Å². The van der Waals surface area contributed by atoms with Gasteiger partial charge in [0.05, 0.1) is 11.8 Å². The van der Waals surface area contributed by atoms with E-state index in [2.05, 4.69) is 35.6 Å². The summed E-state index contributed by atoms with van der Waals surface area (Å²) >= 11 is 1.58. The monoisotopic (exact) mass is 237 g/mol. The predicted molar refractivity (Wildman–Crippen MR) is 67.6 cm³/mol. The fourth-order valence-corrected chi connectivity index (χ4v) is 2.17. The van der Waals surface area contributed by atoms with E-state index >= 15 is 0 Å². The van der Waals surface area contributed by atoms with Crippen LogP contribution in [0, 0.1) is 11.3 Å². The minimum Gasteiger partial charge on any atom is -0.314 e. The van der Waals surface area contributed by atoms with Crippen LogP contribution in [-0.4, -0.2) is 17.6 Å². The lowest BCUT2D eigenvalue weighted by Gasteiger charge is -2.10. The third kappa shape index (κ3) is 3.58. The Morgan fingerprint density at radius 1 is 1.56 bits per heavy atom. The van der Waals surface area contributed by atoms with Crippen molar-refractivity contribution in [2.45, 2.75) is 45.6 Å². The summed E-state index contributed by atoms with van der Waals surface area (Å²) in [7, 11) is 0. The molecule has 1 aromatic rings. The maximum atomic E-state index is 9.01. The molecule has 0 aliphatic heterocycles. The summed E-state index contributed by atoms with van der Waals surface area (Å²) in [6.45, 7) is 9.01. The van der Waals surface area contributed by atoms with Gasteiger partial charge in [-0.1, -0.05) is 13.8 Å². The Bertz CT molecular complexity index is 374. The molecule has 1 heterocycles. The van der Waals surface area contributed by atoms with Crippen LogP contribution in [0.5, 0.6) is 0 Å². The van der Waals surface area contributed by atoms with E-state index in [1.807, 2.05) is 13.8 Å². The maximum Gasteiger partial charge on any atom is 0.113 e. The second kappa shape index (κ2) is 5.42. The van der Waals surface area contributed by atoms with Crippen molar-refractivity contribution in [3.05, 3.63) is 16.1 Å². The van der Waals surface area contributed by atoms with Crippen LogP contribution in [0.25, 0.3) is 0 Å². The molecule has 0 aliphatic rings. The Kier molecular flexibility index (Phi) is 4.45. The molecule has 0 fully saturated rings. The standard InChI is InChI=1S/C12H19N3S/c1-9(2)14-6-5-10-7-16-11(15-10)12(3,4)8-13/h7,9,14H,5-6H2,1-4H3. The molecular weight excluding hydrogens is 218 g/mol. The average Bonchev–Trinajstić information content (AvgIpc) is 2.66. The van der Waals surface area contributed by atoms with E-state index in [1.54, 1.807) is 11.3 Å². The summed E-state index contributed by atoms with van der Waals surface area (Å²) in [6.07, 6.45) is 0.927. The van der Waals surface area contributed by atoms with E-state index in [1.165, 1.54) is 0 Å². The number of nitrogens with zero attached hydrogens (tertiary/aromatic N) is 2. The largest absolute Gasteiger partial charge is 0.314 e. The SMILES string of the molecule is CC(C)NCCc1csc(C(C)(C)C#N)n1. The Labute approximate surface area is 102 Å². The molecule has 0 radical (unpaired) electrons. The molecule has 4 heteroatoms. The van der Waals surface area contributed by atoms with Crippen LogP contribution in [0.4, 0.5) is 0 Å². The molecule has 1 aromatic heterocycles. The molecule has 0 aromatic carbocycles. The maximum absolute atomic E-state index is 9.01. The molecular formula is C12H19N3S. The molecule has 88 valence electrons. The van der Waals surface area contributed by atoms with Crippen LogP contribution in [0.2, 0.25) is 0 Å². The van der Waals surface area contributed by atoms with Crippen molar-refractivity contribution in [1.82, 2.24) is 10.3 Å².